The van der Waals surface area contributed by atoms with Gasteiger partial charge in [0.15, 0.2) is 11.5 Å². The third-order valence-corrected chi connectivity index (χ3v) is 5.76. The number of fused-ring (bicyclic) bond motifs is 1. The molecule has 4 N–H and O–H groups in total. The zero-order valence-corrected chi connectivity index (χ0v) is 18.8. The molecule has 4 rings (SSSR count). The Morgan fingerprint density at radius 1 is 1.03 bits per heavy atom. The Kier molecular flexibility index (Phi) is 9.03. The van der Waals surface area contributed by atoms with Crippen LogP contribution in [0.1, 0.15) is 34.5 Å². The van der Waals surface area contributed by atoms with Crippen LogP contribution in [0.25, 0.3) is 0 Å². The summed E-state index contributed by atoms with van der Waals surface area (Å²) >= 11 is 0. The molecule has 0 bridgehead atoms. The van der Waals surface area contributed by atoms with Crippen molar-refractivity contribution in [3.05, 3.63) is 53.5 Å². The first-order valence-electron chi connectivity index (χ1n) is 10.1. The molecule has 1 aliphatic carbocycles. The number of aromatic nitrogens is 2. The lowest BCUT2D eigenvalue weighted by Crippen LogP contribution is -2.43. The zero-order chi connectivity index (χ0) is 20.2. The number of hydrogen-bond donors (Lipinski definition) is 3. The van der Waals surface area contributed by atoms with Crippen LogP contribution in [0.2, 0.25) is 0 Å². The first-order valence-corrected chi connectivity index (χ1v) is 10.1. The third kappa shape index (κ3) is 5.84. The van der Waals surface area contributed by atoms with E-state index in [1.165, 1.54) is 23.5 Å². The normalized spacial score (nSPS) is 16.0. The number of nitrogens with zero attached hydrogens (tertiary/aromatic N) is 3. The number of nitrogens with two attached hydrogens (primary N) is 1. The van der Waals surface area contributed by atoms with Gasteiger partial charge in [-0.15, -0.1) is 24.8 Å². The molecule has 2 heterocycles. The van der Waals surface area contributed by atoms with Crippen molar-refractivity contribution < 1.29 is 9.59 Å². The van der Waals surface area contributed by atoms with Gasteiger partial charge in [0.25, 0.3) is 5.91 Å². The highest BCUT2D eigenvalue weighted by Gasteiger charge is 2.27. The SMILES string of the molecule is Cl.Cl.NCC1CCN(C(=O)Nc2nccnc2C(=O)NC2Cc3ccccc3C2)CC1. The standard InChI is InChI=1S/C21H26N6O2.2ClH/c22-13-14-5-9-27(10-6-14)21(29)26-19-18(23-7-8-24-19)20(28)25-17-11-15-3-1-2-4-16(15)12-17;;/h1-4,7-8,14,17H,5-6,9-13,22H2,(H,25,28)(H,24,26,29);2*1H. The van der Waals surface area contributed by atoms with E-state index < -0.39 is 0 Å². The molecule has 0 atom stereocenters. The molecule has 31 heavy (non-hydrogen) atoms. The molecule has 1 aromatic heterocycles. The molecule has 2 aromatic rings. The summed E-state index contributed by atoms with van der Waals surface area (Å²) in [5, 5.41) is 5.79. The van der Waals surface area contributed by atoms with Crippen molar-refractivity contribution in [1.29, 1.82) is 0 Å². The van der Waals surface area contributed by atoms with Crippen LogP contribution in [0.3, 0.4) is 0 Å². The monoisotopic (exact) mass is 466 g/mol. The van der Waals surface area contributed by atoms with E-state index in [0.717, 1.165) is 25.7 Å². The maximum atomic E-state index is 12.8. The fourth-order valence-corrected chi connectivity index (χ4v) is 4.06. The number of urea groups is 1. The second-order valence-corrected chi connectivity index (χ2v) is 7.70. The zero-order valence-electron chi connectivity index (χ0n) is 17.1. The van der Waals surface area contributed by atoms with E-state index in [2.05, 4.69) is 32.7 Å². The quantitative estimate of drug-likeness (QED) is 0.639. The largest absolute Gasteiger partial charge is 0.347 e. The van der Waals surface area contributed by atoms with E-state index in [0.29, 0.717) is 25.6 Å². The number of nitrogens with one attached hydrogen (secondary N) is 2. The smallest absolute Gasteiger partial charge is 0.323 e. The van der Waals surface area contributed by atoms with E-state index in [9.17, 15) is 9.59 Å². The lowest BCUT2D eigenvalue weighted by atomic mass is 9.97. The number of carbonyl (C=O) groups is 2. The Morgan fingerprint density at radius 2 is 1.65 bits per heavy atom. The van der Waals surface area contributed by atoms with Crippen molar-refractivity contribution in [2.75, 3.05) is 25.0 Å². The van der Waals surface area contributed by atoms with Gasteiger partial charge in [-0.25, -0.2) is 14.8 Å². The van der Waals surface area contributed by atoms with Crippen molar-refractivity contribution in [3.63, 3.8) is 0 Å². The van der Waals surface area contributed by atoms with Crippen molar-refractivity contribution in [2.45, 2.75) is 31.7 Å². The first kappa shape index (κ1) is 24.8. The van der Waals surface area contributed by atoms with Gasteiger partial charge in [0.2, 0.25) is 0 Å². The van der Waals surface area contributed by atoms with E-state index in [4.69, 9.17) is 5.73 Å². The maximum absolute atomic E-state index is 12.8. The summed E-state index contributed by atoms with van der Waals surface area (Å²) in [7, 11) is 0. The summed E-state index contributed by atoms with van der Waals surface area (Å²) in [6.07, 6.45) is 6.29. The summed E-state index contributed by atoms with van der Waals surface area (Å²) in [4.78, 5) is 35.5. The molecule has 1 aliphatic heterocycles. The fourth-order valence-electron chi connectivity index (χ4n) is 4.06. The van der Waals surface area contributed by atoms with Crippen LogP contribution < -0.4 is 16.4 Å². The lowest BCUT2D eigenvalue weighted by Gasteiger charge is -2.31. The lowest BCUT2D eigenvalue weighted by molar-refractivity contribution is 0.0934. The molecule has 10 heteroatoms. The topological polar surface area (TPSA) is 113 Å². The minimum atomic E-state index is -0.326. The number of hydrogen-bond acceptors (Lipinski definition) is 5. The average molecular weight is 467 g/mol. The highest BCUT2D eigenvalue weighted by molar-refractivity contribution is 6.00. The second kappa shape index (κ2) is 11.3. The minimum absolute atomic E-state index is 0. The number of likely N-dealkylation sites (tertiary alicyclic amines) is 1. The molecule has 0 spiro atoms. The van der Waals surface area contributed by atoms with Crippen LogP contribution in [0, 0.1) is 5.92 Å². The third-order valence-electron chi connectivity index (χ3n) is 5.76. The van der Waals surface area contributed by atoms with E-state index in [1.54, 1.807) is 4.90 Å². The van der Waals surface area contributed by atoms with Gasteiger partial charge in [-0.05, 0) is 49.3 Å². The van der Waals surface area contributed by atoms with Crippen LogP contribution in [0.5, 0.6) is 0 Å². The predicted molar refractivity (Wildman–Crippen MR) is 124 cm³/mol. The molecular formula is C21H28Cl2N6O2. The second-order valence-electron chi connectivity index (χ2n) is 7.70. The van der Waals surface area contributed by atoms with Crippen LogP contribution in [-0.2, 0) is 12.8 Å². The Bertz CT molecular complexity index is 880. The number of anilines is 1. The number of piperidine rings is 1. The predicted octanol–water partition coefficient (Wildman–Crippen LogP) is 2.42. The van der Waals surface area contributed by atoms with Gasteiger partial charge in [0.05, 0.1) is 0 Å². The molecule has 1 fully saturated rings. The Morgan fingerprint density at radius 3 is 2.26 bits per heavy atom. The van der Waals surface area contributed by atoms with Crippen molar-refractivity contribution in [3.8, 4) is 0 Å². The molecule has 0 saturated carbocycles. The molecule has 168 valence electrons. The highest BCUT2D eigenvalue weighted by atomic mass is 35.5. The Labute approximate surface area is 194 Å². The molecule has 2 aliphatic rings. The van der Waals surface area contributed by atoms with Gasteiger partial charge >= 0.3 is 6.03 Å². The van der Waals surface area contributed by atoms with Gasteiger partial charge in [-0.3, -0.25) is 10.1 Å². The summed E-state index contributed by atoms with van der Waals surface area (Å²) in [5.74, 6) is 0.326. The summed E-state index contributed by atoms with van der Waals surface area (Å²) in [6, 6.07) is 7.95. The van der Waals surface area contributed by atoms with E-state index >= 15 is 0 Å². The Balaban J connectivity index is 0.00000171. The number of rotatable bonds is 4. The van der Waals surface area contributed by atoms with Crippen LogP contribution in [0.15, 0.2) is 36.7 Å². The number of halogens is 2. The van der Waals surface area contributed by atoms with Gasteiger partial charge in [0, 0.05) is 31.5 Å². The van der Waals surface area contributed by atoms with E-state index in [1.807, 2.05) is 12.1 Å². The van der Waals surface area contributed by atoms with E-state index in [-0.39, 0.29) is 54.3 Å². The van der Waals surface area contributed by atoms with Gasteiger partial charge in [0.1, 0.15) is 0 Å². The summed E-state index contributed by atoms with van der Waals surface area (Å²) in [6.45, 7) is 1.95. The molecule has 0 unspecified atom stereocenters. The average Bonchev–Trinajstić information content (AvgIpc) is 3.16. The van der Waals surface area contributed by atoms with Crippen LogP contribution in [-0.4, -0.2) is 52.5 Å². The van der Waals surface area contributed by atoms with Crippen LogP contribution >= 0.6 is 24.8 Å². The summed E-state index contributed by atoms with van der Waals surface area (Å²) < 4.78 is 0. The van der Waals surface area contributed by atoms with Gasteiger partial charge in [-0.2, -0.15) is 0 Å². The molecule has 1 aromatic carbocycles. The summed E-state index contributed by atoms with van der Waals surface area (Å²) in [5.41, 5.74) is 8.36. The number of benzene rings is 1. The maximum Gasteiger partial charge on any atom is 0.323 e. The van der Waals surface area contributed by atoms with Gasteiger partial charge in [-0.1, -0.05) is 24.3 Å². The molecule has 8 nitrogen and oxygen atoms in total. The molecule has 3 amide bonds. The minimum Gasteiger partial charge on any atom is -0.347 e. The van der Waals surface area contributed by atoms with Crippen LogP contribution in [0.4, 0.5) is 10.6 Å². The fraction of sp³-hybridized carbons (Fsp3) is 0.429. The van der Waals surface area contributed by atoms with Crippen molar-refractivity contribution >= 4 is 42.6 Å². The van der Waals surface area contributed by atoms with Gasteiger partial charge < -0.3 is 16.0 Å². The first-order chi connectivity index (χ1) is 14.1. The highest BCUT2D eigenvalue weighted by Crippen LogP contribution is 2.22. The number of amides is 3. The molecule has 1 saturated heterocycles. The number of carbonyl (C=O) groups excluding carboxylic acids is 2. The van der Waals surface area contributed by atoms with Crippen molar-refractivity contribution in [2.24, 2.45) is 11.7 Å². The van der Waals surface area contributed by atoms with Crippen molar-refractivity contribution in [1.82, 2.24) is 20.2 Å². The molecule has 0 radical (unpaired) electrons. The Hall–Kier alpha value is -2.42. The molecular weight excluding hydrogens is 439 g/mol.